The Balaban J connectivity index is 1.09. The molecule has 0 aliphatic rings. The Bertz CT molecular complexity index is 4730. The van der Waals surface area contributed by atoms with E-state index in [9.17, 15) is 0 Å². The standard InChI is InChI=1S/C76H49N5/c1-4-25-50(26-5-1)53-37-23-47-71(79-65-41-16-10-31-56(65)57-32-11-17-42-66(57)79)73(53)64-49-63(62-40-22-39-55(52-29-8-3-9-30-52)75(62)81-69-45-20-14-35-60(69)61-36-15-21-46-70(61)81)77-76(78-64)74-54(51-27-6-2-7-28-51)38-24-48-72(74)80-67-43-18-12-33-58(67)59-34-13-19-44-68(59)80/h1-49H. The van der Waals surface area contributed by atoms with Gasteiger partial charge in [0.05, 0.1) is 67.1 Å². The van der Waals surface area contributed by atoms with Gasteiger partial charge < -0.3 is 13.7 Å². The van der Waals surface area contributed by atoms with Gasteiger partial charge in [0.25, 0.3) is 0 Å². The summed E-state index contributed by atoms with van der Waals surface area (Å²) in [6, 6.07) is 107. The summed E-state index contributed by atoms with van der Waals surface area (Å²) in [7, 11) is 0. The van der Waals surface area contributed by atoms with Gasteiger partial charge in [-0.15, -0.1) is 0 Å². The summed E-state index contributed by atoms with van der Waals surface area (Å²) in [5.41, 5.74) is 20.6. The maximum Gasteiger partial charge on any atom is 0.163 e. The van der Waals surface area contributed by atoms with Crippen LogP contribution < -0.4 is 0 Å². The van der Waals surface area contributed by atoms with E-state index >= 15 is 0 Å². The van der Waals surface area contributed by atoms with Crippen molar-refractivity contribution in [2.24, 2.45) is 0 Å². The van der Waals surface area contributed by atoms with E-state index in [1.165, 1.54) is 32.3 Å². The molecule has 16 aromatic rings. The maximum absolute atomic E-state index is 6.06. The molecule has 81 heavy (non-hydrogen) atoms. The lowest BCUT2D eigenvalue weighted by atomic mass is 9.93. The number of aromatic nitrogens is 5. The van der Waals surface area contributed by atoms with Crippen LogP contribution in [0.5, 0.6) is 0 Å². The summed E-state index contributed by atoms with van der Waals surface area (Å²) in [4.78, 5) is 12.1. The van der Waals surface area contributed by atoms with E-state index in [4.69, 9.17) is 9.97 Å². The number of nitrogens with zero attached hydrogens (tertiary/aromatic N) is 5. The van der Waals surface area contributed by atoms with Gasteiger partial charge in [0.2, 0.25) is 0 Å². The minimum absolute atomic E-state index is 0.605. The van der Waals surface area contributed by atoms with Crippen LogP contribution in [-0.4, -0.2) is 23.7 Å². The second kappa shape index (κ2) is 18.9. The molecule has 0 amide bonds. The van der Waals surface area contributed by atoms with Crippen molar-refractivity contribution in [3.8, 4) is 84.3 Å². The Morgan fingerprint density at radius 2 is 0.531 bits per heavy atom. The van der Waals surface area contributed by atoms with Crippen molar-refractivity contribution < 1.29 is 0 Å². The molecule has 0 aliphatic carbocycles. The molecule has 0 saturated heterocycles. The van der Waals surface area contributed by atoms with Crippen LogP contribution in [0.3, 0.4) is 0 Å². The molecule has 5 heteroatoms. The highest BCUT2D eigenvalue weighted by Gasteiger charge is 2.27. The first-order chi connectivity index (χ1) is 40.2. The van der Waals surface area contributed by atoms with Gasteiger partial charge in [0.1, 0.15) is 0 Å². The third-order valence-corrected chi connectivity index (χ3v) is 16.3. The number of benzene rings is 12. The quantitative estimate of drug-likeness (QED) is 0.145. The topological polar surface area (TPSA) is 40.6 Å². The predicted octanol–water partition coefficient (Wildman–Crippen LogP) is 19.8. The average Bonchev–Trinajstić information content (AvgIpc) is 4.41. The van der Waals surface area contributed by atoms with Gasteiger partial charge in [-0.25, -0.2) is 9.97 Å². The SMILES string of the molecule is c1ccc(-c2cccc(-n3c4ccccc4c4ccccc43)c2-c2cc(-c3cccc(-c4ccccc4)c3-n3c4ccccc4c4ccccc43)nc(-c3c(-c4ccccc4)cccc3-n3c4ccccc4c4ccccc43)n2)cc1. The molecule has 0 saturated carbocycles. The summed E-state index contributed by atoms with van der Waals surface area (Å²) in [5, 5.41) is 7.11. The highest BCUT2D eigenvalue weighted by Crippen LogP contribution is 2.47. The molecule has 0 radical (unpaired) electrons. The number of hydrogen-bond donors (Lipinski definition) is 0. The van der Waals surface area contributed by atoms with E-state index in [2.05, 4.69) is 311 Å². The summed E-state index contributed by atoms with van der Waals surface area (Å²) in [6.45, 7) is 0. The number of para-hydroxylation sites is 7. The van der Waals surface area contributed by atoms with Crippen LogP contribution >= 0.6 is 0 Å². The smallest absolute Gasteiger partial charge is 0.163 e. The van der Waals surface area contributed by atoms with Crippen LogP contribution in [0.25, 0.3) is 150 Å². The number of rotatable bonds is 9. The van der Waals surface area contributed by atoms with Gasteiger partial charge in [-0.1, -0.05) is 243 Å². The van der Waals surface area contributed by atoms with Crippen molar-refractivity contribution in [3.63, 3.8) is 0 Å². The van der Waals surface area contributed by atoms with Crippen LogP contribution in [-0.2, 0) is 0 Å². The van der Waals surface area contributed by atoms with Crippen LogP contribution in [0.2, 0.25) is 0 Å². The molecule has 0 N–H and O–H groups in total. The zero-order chi connectivity index (χ0) is 53.4. The lowest BCUT2D eigenvalue weighted by Gasteiger charge is -2.22. The fourth-order valence-electron chi connectivity index (χ4n) is 12.9. The largest absolute Gasteiger partial charge is 0.309 e. The van der Waals surface area contributed by atoms with Crippen LogP contribution in [0.4, 0.5) is 0 Å². The minimum atomic E-state index is 0.605. The molecule has 0 spiro atoms. The number of fused-ring (bicyclic) bond motifs is 9. The Kier molecular flexibility index (Phi) is 10.8. The molecule has 16 rings (SSSR count). The molecule has 0 bridgehead atoms. The fraction of sp³-hybridized carbons (Fsp3) is 0. The molecular formula is C76H49N5. The Labute approximate surface area is 468 Å². The van der Waals surface area contributed by atoms with E-state index in [-0.39, 0.29) is 0 Å². The Morgan fingerprint density at radius 3 is 0.963 bits per heavy atom. The summed E-state index contributed by atoms with van der Waals surface area (Å²) < 4.78 is 7.32. The monoisotopic (exact) mass is 1030 g/mol. The first-order valence-electron chi connectivity index (χ1n) is 27.7. The fourth-order valence-corrected chi connectivity index (χ4v) is 12.9. The number of hydrogen-bond acceptors (Lipinski definition) is 2. The molecule has 5 nitrogen and oxygen atoms in total. The van der Waals surface area contributed by atoms with E-state index < -0.39 is 0 Å². The average molecular weight is 1030 g/mol. The summed E-state index contributed by atoms with van der Waals surface area (Å²) in [6.07, 6.45) is 0. The van der Waals surface area contributed by atoms with E-state index in [0.717, 1.165) is 112 Å². The van der Waals surface area contributed by atoms with Crippen LogP contribution in [0.15, 0.2) is 297 Å². The molecule has 0 aliphatic heterocycles. The van der Waals surface area contributed by atoms with Crippen molar-refractivity contribution in [2.75, 3.05) is 0 Å². The maximum atomic E-state index is 6.06. The van der Waals surface area contributed by atoms with E-state index in [1.807, 2.05) is 0 Å². The first kappa shape index (κ1) is 46.2. The van der Waals surface area contributed by atoms with Gasteiger partial charge in [-0.05, 0) is 82.4 Å². The second-order valence-electron chi connectivity index (χ2n) is 20.8. The predicted molar refractivity (Wildman–Crippen MR) is 338 cm³/mol. The molecule has 0 unspecified atom stereocenters. The highest BCUT2D eigenvalue weighted by atomic mass is 15.0. The lowest BCUT2D eigenvalue weighted by molar-refractivity contribution is 1.12. The van der Waals surface area contributed by atoms with Crippen molar-refractivity contribution in [3.05, 3.63) is 297 Å². The molecule has 4 heterocycles. The van der Waals surface area contributed by atoms with E-state index in [0.29, 0.717) is 5.82 Å². The normalized spacial score (nSPS) is 11.7. The molecular weight excluding hydrogens is 983 g/mol. The van der Waals surface area contributed by atoms with Gasteiger partial charge in [0, 0.05) is 49.0 Å². The van der Waals surface area contributed by atoms with Crippen LogP contribution in [0, 0.1) is 0 Å². The van der Waals surface area contributed by atoms with Crippen molar-refractivity contribution in [1.29, 1.82) is 0 Å². The zero-order valence-corrected chi connectivity index (χ0v) is 44.0. The van der Waals surface area contributed by atoms with Crippen LogP contribution in [0.1, 0.15) is 0 Å². The third kappa shape index (κ3) is 7.40. The van der Waals surface area contributed by atoms with Crippen molar-refractivity contribution in [1.82, 2.24) is 23.7 Å². The Morgan fingerprint density at radius 1 is 0.222 bits per heavy atom. The van der Waals surface area contributed by atoms with Gasteiger partial charge >= 0.3 is 0 Å². The zero-order valence-electron chi connectivity index (χ0n) is 44.0. The molecule has 4 aromatic heterocycles. The molecule has 0 fully saturated rings. The van der Waals surface area contributed by atoms with Crippen molar-refractivity contribution >= 4 is 65.4 Å². The molecule has 0 atom stereocenters. The highest BCUT2D eigenvalue weighted by molar-refractivity contribution is 6.13. The van der Waals surface area contributed by atoms with Gasteiger partial charge in [-0.2, -0.15) is 0 Å². The van der Waals surface area contributed by atoms with Crippen molar-refractivity contribution in [2.45, 2.75) is 0 Å². The second-order valence-corrected chi connectivity index (χ2v) is 20.8. The lowest BCUT2D eigenvalue weighted by Crippen LogP contribution is -2.06. The minimum Gasteiger partial charge on any atom is -0.309 e. The first-order valence-corrected chi connectivity index (χ1v) is 27.7. The van der Waals surface area contributed by atoms with E-state index in [1.54, 1.807) is 0 Å². The summed E-state index contributed by atoms with van der Waals surface area (Å²) >= 11 is 0. The molecule has 12 aromatic carbocycles. The Hall–Kier alpha value is -10.9. The third-order valence-electron chi connectivity index (χ3n) is 16.3. The van der Waals surface area contributed by atoms with Gasteiger partial charge in [-0.3, -0.25) is 0 Å². The van der Waals surface area contributed by atoms with Gasteiger partial charge in [0.15, 0.2) is 5.82 Å². The summed E-state index contributed by atoms with van der Waals surface area (Å²) in [5.74, 6) is 0.605. The molecule has 378 valence electrons.